The summed E-state index contributed by atoms with van der Waals surface area (Å²) in [5.74, 6) is -0.248. The maximum Gasteiger partial charge on any atom is 0.132 e. The highest BCUT2D eigenvalue weighted by Crippen LogP contribution is 2.21. The average molecular weight is 345 g/mol. The molecule has 1 N–H and O–H groups in total. The van der Waals surface area contributed by atoms with Crippen LogP contribution in [-0.4, -0.2) is 14.8 Å². The Balaban J connectivity index is 1.66. The standard InChI is InChI=1S/C18H18ClFN4/c1-13-17(11-22-10-15-3-2-8-21-9-15)18(19)24(23-13)12-14-4-6-16(20)7-5-14/h2-9,22H,10-12H2,1H3. The molecule has 0 bridgehead atoms. The third kappa shape index (κ3) is 3.99. The van der Waals surface area contributed by atoms with Crippen LogP contribution in [0.2, 0.25) is 5.15 Å². The number of nitrogens with one attached hydrogen (secondary N) is 1. The molecule has 6 heteroatoms. The second-order valence-electron chi connectivity index (χ2n) is 5.60. The largest absolute Gasteiger partial charge is 0.308 e. The Bertz CT molecular complexity index is 800. The Labute approximate surface area is 145 Å². The van der Waals surface area contributed by atoms with Gasteiger partial charge in [-0.3, -0.25) is 4.98 Å². The minimum atomic E-state index is -0.248. The minimum Gasteiger partial charge on any atom is -0.308 e. The Kier molecular flexibility index (Phi) is 5.23. The first-order valence-corrected chi connectivity index (χ1v) is 8.07. The van der Waals surface area contributed by atoms with E-state index >= 15 is 0 Å². The first kappa shape index (κ1) is 16.6. The Morgan fingerprint density at radius 1 is 1.12 bits per heavy atom. The highest BCUT2D eigenvalue weighted by atomic mass is 35.5. The van der Waals surface area contributed by atoms with Gasteiger partial charge in [0.2, 0.25) is 0 Å². The fourth-order valence-electron chi connectivity index (χ4n) is 2.49. The molecule has 0 fully saturated rings. The van der Waals surface area contributed by atoms with Crippen LogP contribution in [0.5, 0.6) is 0 Å². The third-order valence-electron chi connectivity index (χ3n) is 3.78. The average Bonchev–Trinajstić information content (AvgIpc) is 2.85. The van der Waals surface area contributed by atoms with Gasteiger partial charge in [-0.05, 0) is 36.2 Å². The highest BCUT2D eigenvalue weighted by molar-refractivity contribution is 6.30. The van der Waals surface area contributed by atoms with Crippen LogP contribution >= 0.6 is 11.6 Å². The van der Waals surface area contributed by atoms with E-state index in [2.05, 4.69) is 15.4 Å². The normalized spacial score (nSPS) is 11.0. The summed E-state index contributed by atoms with van der Waals surface area (Å²) >= 11 is 6.47. The Hall–Kier alpha value is -2.24. The van der Waals surface area contributed by atoms with E-state index < -0.39 is 0 Å². The van der Waals surface area contributed by atoms with Crippen molar-refractivity contribution in [2.75, 3.05) is 0 Å². The van der Waals surface area contributed by atoms with Crippen LogP contribution in [0, 0.1) is 12.7 Å². The van der Waals surface area contributed by atoms with Crippen molar-refractivity contribution in [2.45, 2.75) is 26.6 Å². The molecule has 3 aromatic rings. The molecule has 24 heavy (non-hydrogen) atoms. The van der Waals surface area contributed by atoms with E-state index in [1.165, 1.54) is 12.1 Å². The molecule has 2 heterocycles. The lowest BCUT2D eigenvalue weighted by molar-refractivity contribution is 0.624. The van der Waals surface area contributed by atoms with Gasteiger partial charge < -0.3 is 5.32 Å². The molecule has 0 atom stereocenters. The fourth-order valence-corrected chi connectivity index (χ4v) is 2.79. The maximum atomic E-state index is 13.0. The smallest absolute Gasteiger partial charge is 0.132 e. The lowest BCUT2D eigenvalue weighted by Gasteiger charge is -2.06. The molecule has 124 valence electrons. The number of hydrogen-bond donors (Lipinski definition) is 1. The zero-order valence-corrected chi connectivity index (χ0v) is 14.1. The second kappa shape index (κ2) is 7.55. The summed E-state index contributed by atoms with van der Waals surface area (Å²) in [5.41, 5.74) is 3.93. The van der Waals surface area contributed by atoms with E-state index in [4.69, 9.17) is 11.6 Å². The Morgan fingerprint density at radius 2 is 1.92 bits per heavy atom. The van der Waals surface area contributed by atoms with Gasteiger partial charge in [-0.2, -0.15) is 5.10 Å². The molecule has 0 saturated heterocycles. The first-order valence-electron chi connectivity index (χ1n) is 7.69. The van der Waals surface area contributed by atoms with Gasteiger partial charge in [0.1, 0.15) is 11.0 Å². The SMILES string of the molecule is Cc1nn(Cc2ccc(F)cc2)c(Cl)c1CNCc1cccnc1. The van der Waals surface area contributed by atoms with Gasteiger partial charge in [-0.15, -0.1) is 0 Å². The molecule has 0 spiro atoms. The van der Waals surface area contributed by atoms with Crippen molar-refractivity contribution >= 4 is 11.6 Å². The van der Waals surface area contributed by atoms with Crippen molar-refractivity contribution in [2.24, 2.45) is 0 Å². The zero-order valence-electron chi connectivity index (χ0n) is 13.3. The predicted molar refractivity (Wildman–Crippen MR) is 92.3 cm³/mol. The van der Waals surface area contributed by atoms with E-state index in [9.17, 15) is 4.39 Å². The molecule has 0 amide bonds. The summed E-state index contributed by atoms with van der Waals surface area (Å²) in [6.45, 7) is 3.80. The number of rotatable bonds is 6. The van der Waals surface area contributed by atoms with Crippen LogP contribution in [0.15, 0.2) is 48.8 Å². The molecular weight excluding hydrogens is 327 g/mol. The summed E-state index contributed by atoms with van der Waals surface area (Å²) in [5, 5.41) is 8.46. The van der Waals surface area contributed by atoms with Crippen LogP contribution < -0.4 is 5.32 Å². The number of nitrogens with zero attached hydrogens (tertiary/aromatic N) is 3. The van der Waals surface area contributed by atoms with E-state index in [0.29, 0.717) is 24.8 Å². The molecule has 0 saturated carbocycles. The number of aryl methyl sites for hydroxylation is 1. The number of pyridine rings is 1. The predicted octanol–water partition coefficient (Wildman–Crippen LogP) is 3.72. The summed E-state index contributed by atoms with van der Waals surface area (Å²) in [4.78, 5) is 4.09. The molecule has 2 aromatic heterocycles. The summed E-state index contributed by atoms with van der Waals surface area (Å²) < 4.78 is 14.7. The maximum absolute atomic E-state index is 13.0. The molecular formula is C18H18ClFN4. The topological polar surface area (TPSA) is 42.7 Å². The number of hydrogen-bond acceptors (Lipinski definition) is 3. The van der Waals surface area contributed by atoms with Crippen molar-refractivity contribution in [3.05, 3.63) is 82.1 Å². The van der Waals surface area contributed by atoms with Crippen molar-refractivity contribution in [3.8, 4) is 0 Å². The monoisotopic (exact) mass is 344 g/mol. The van der Waals surface area contributed by atoms with Gasteiger partial charge in [-0.1, -0.05) is 29.8 Å². The van der Waals surface area contributed by atoms with Crippen LogP contribution in [0.1, 0.15) is 22.4 Å². The Morgan fingerprint density at radius 3 is 2.62 bits per heavy atom. The number of aromatic nitrogens is 3. The van der Waals surface area contributed by atoms with E-state index in [-0.39, 0.29) is 5.82 Å². The summed E-state index contributed by atoms with van der Waals surface area (Å²) in [7, 11) is 0. The first-order chi connectivity index (χ1) is 11.6. The molecule has 1 aromatic carbocycles. The van der Waals surface area contributed by atoms with Crippen molar-refractivity contribution < 1.29 is 4.39 Å². The van der Waals surface area contributed by atoms with Gasteiger partial charge in [0.05, 0.1) is 12.2 Å². The molecule has 0 unspecified atom stereocenters. The lowest BCUT2D eigenvalue weighted by atomic mass is 10.2. The molecule has 3 rings (SSSR count). The number of halogens is 2. The highest BCUT2D eigenvalue weighted by Gasteiger charge is 2.13. The third-order valence-corrected chi connectivity index (χ3v) is 4.21. The summed E-state index contributed by atoms with van der Waals surface area (Å²) in [6.07, 6.45) is 3.59. The van der Waals surface area contributed by atoms with Crippen molar-refractivity contribution in [1.29, 1.82) is 0 Å². The molecule has 0 aliphatic heterocycles. The number of benzene rings is 1. The van der Waals surface area contributed by atoms with Crippen LogP contribution in [-0.2, 0) is 19.6 Å². The van der Waals surface area contributed by atoms with Gasteiger partial charge in [0, 0.05) is 31.0 Å². The van der Waals surface area contributed by atoms with Gasteiger partial charge in [-0.25, -0.2) is 9.07 Å². The summed E-state index contributed by atoms with van der Waals surface area (Å²) in [6, 6.07) is 10.3. The van der Waals surface area contributed by atoms with Crippen LogP contribution in [0.4, 0.5) is 4.39 Å². The van der Waals surface area contributed by atoms with E-state index in [1.807, 2.05) is 25.3 Å². The molecule has 0 radical (unpaired) electrons. The minimum absolute atomic E-state index is 0.248. The molecule has 0 aliphatic carbocycles. The zero-order chi connectivity index (χ0) is 16.9. The van der Waals surface area contributed by atoms with E-state index in [0.717, 1.165) is 22.4 Å². The van der Waals surface area contributed by atoms with Crippen LogP contribution in [0.3, 0.4) is 0 Å². The molecule has 0 aliphatic rings. The molecule has 4 nitrogen and oxygen atoms in total. The van der Waals surface area contributed by atoms with Crippen LogP contribution in [0.25, 0.3) is 0 Å². The van der Waals surface area contributed by atoms with Gasteiger partial charge >= 0.3 is 0 Å². The van der Waals surface area contributed by atoms with Crippen molar-refractivity contribution in [1.82, 2.24) is 20.1 Å². The van der Waals surface area contributed by atoms with Crippen molar-refractivity contribution in [3.63, 3.8) is 0 Å². The lowest BCUT2D eigenvalue weighted by Crippen LogP contribution is -2.13. The second-order valence-corrected chi connectivity index (χ2v) is 5.96. The van der Waals surface area contributed by atoms with Gasteiger partial charge in [0.25, 0.3) is 0 Å². The van der Waals surface area contributed by atoms with Gasteiger partial charge in [0.15, 0.2) is 0 Å². The quantitative estimate of drug-likeness (QED) is 0.741. The fraction of sp³-hybridized carbons (Fsp3) is 0.222. The van der Waals surface area contributed by atoms with E-state index in [1.54, 1.807) is 23.0 Å².